The van der Waals surface area contributed by atoms with Gasteiger partial charge in [0.2, 0.25) is 11.8 Å². The number of anilines is 1. The molecule has 2 amide bonds. The average Bonchev–Trinajstić information content (AvgIpc) is 3.23. The maximum atomic E-state index is 12.7. The number of carbonyl (C=O) groups excluding carboxylic acids is 2. The number of amides is 2. The van der Waals surface area contributed by atoms with Gasteiger partial charge in [-0.25, -0.2) is 4.98 Å². The molecule has 0 radical (unpaired) electrons. The number of aryl methyl sites for hydroxylation is 1. The number of ether oxygens (including phenoxy) is 1. The molecule has 27 heavy (non-hydrogen) atoms. The molecule has 0 aromatic carbocycles. The van der Waals surface area contributed by atoms with Gasteiger partial charge in [0.25, 0.3) is 5.91 Å². The summed E-state index contributed by atoms with van der Waals surface area (Å²) in [5.41, 5.74) is 6.85. The minimum absolute atomic E-state index is 0. The normalized spacial score (nSPS) is 18.1. The van der Waals surface area contributed by atoms with Gasteiger partial charge in [0, 0.05) is 32.3 Å². The van der Waals surface area contributed by atoms with E-state index in [0.717, 1.165) is 5.56 Å². The van der Waals surface area contributed by atoms with Crippen molar-refractivity contribution in [3.8, 4) is 5.88 Å². The van der Waals surface area contributed by atoms with Gasteiger partial charge in [-0.1, -0.05) is 0 Å². The third-order valence-electron chi connectivity index (χ3n) is 4.28. The Morgan fingerprint density at radius 1 is 1.33 bits per heavy atom. The number of hydrogen-bond acceptors (Lipinski definition) is 6. The van der Waals surface area contributed by atoms with Gasteiger partial charge in [0.05, 0.1) is 31.1 Å². The van der Waals surface area contributed by atoms with E-state index >= 15 is 0 Å². The Morgan fingerprint density at radius 3 is 2.67 bits per heavy atom. The third kappa shape index (κ3) is 4.88. The third-order valence-corrected chi connectivity index (χ3v) is 4.28. The van der Waals surface area contributed by atoms with E-state index in [9.17, 15) is 9.59 Å². The molecular formula is C16H22Cl2N6O3. The predicted octanol–water partition coefficient (Wildman–Crippen LogP) is 0.708. The first-order valence-corrected chi connectivity index (χ1v) is 7.83. The lowest BCUT2D eigenvalue weighted by atomic mass is 9.90. The summed E-state index contributed by atoms with van der Waals surface area (Å²) in [6.45, 7) is 1.27. The van der Waals surface area contributed by atoms with Gasteiger partial charge in [-0.3, -0.25) is 14.3 Å². The molecule has 2 aromatic rings. The second-order valence-electron chi connectivity index (χ2n) is 5.95. The molecule has 4 N–H and O–H groups in total. The lowest BCUT2D eigenvalue weighted by Crippen LogP contribution is -2.28. The number of nitrogens with one attached hydrogen (secondary N) is 2. The highest BCUT2D eigenvalue weighted by Crippen LogP contribution is 2.29. The summed E-state index contributed by atoms with van der Waals surface area (Å²) in [4.78, 5) is 28.2. The van der Waals surface area contributed by atoms with Crippen molar-refractivity contribution in [1.82, 2.24) is 20.1 Å². The molecule has 1 saturated heterocycles. The van der Waals surface area contributed by atoms with Gasteiger partial charge in [-0.2, -0.15) is 5.10 Å². The molecule has 0 saturated carbocycles. The summed E-state index contributed by atoms with van der Waals surface area (Å²) in [5, 5.41) is 10.2. The molecular weight excluding hydrogens is 395 g/mol. The summed E-state index contributed by atoms with van der Waals surface area (Å²) in [5.74, 6) is -0.905. The van der Waals surface area contributed by atoms with E-state index in [-0.39, 0.29) is 54.0 Å². The molecule has 148 valence electrons. The van der Waals surface area contributed by atoms with Crippen molar-refractivity contribution < 1.29 is 14.3 Å². The molecule has 2 aromatic heterocycles. The first-order valence-electron chi connectivity index (χ1n) is 7.83. The van der Waals surface area contributed by atoms with Crippen molar-refractivity contribution >= 4 is 42.3 Å². The van der Waals surface area contributed by atoms with Crippen LogP contribution in [0.2, 0.25) is 0 Å². The summed E-state index contributed by atoms with van der Waals surface area (Å²) < 4.78 is 6.72. The number of primary amides is 1. The standard InChI is InChI=1S/C16H20N6O3.2ClH/c1-22-8-9(4-20-22)12-6-18-7-13(12)15(24)21-10-3-11(14(17)23)16(25-2)19-5-10;;/h3-5,8,12-13,18H,6-7H2,1-2H3,(H2,17,23)(H,21,24);2*1H/t12-,13+;;/m1../s1. The zero-order valence-corrected chi connectivity index (χ0v) is 16.5. The summed E-state index contributed by atoms with van der Waals surface area (Å²) in [7, 11) is 3.24. The van der Waals surface area contributed by atoms with E-state index in [4.69, 9.17) is 10.5 Å². The number of carbonyl (C=O) groups is 2. The second kappa shape index (κ2) is 9.54. The van der Waals surface area contributed by atoms with Crippen molar-refractivity contribution in [3.63, 3.8) is 0 Å². The molecule has 3 rings (SSSR count). The van der Waals surface area contributed by atoms with Crippen LogP contribution in [-0.4, -0.2) is 46.8 Å². The maximum absolute atomic E-state index is 12.7. The van der Waals surface area contributed by atoms with Crippen LogP contribution in [0, 0.1) is 5.92 Å². The number of hydrogen-bond donors (Lipinski definition) is 3. The molecule has 3 heterocycles. The predicted molar refractivity (Wildman–Crippen MR) is 105 cm³/mol. The van der Waals surface area contributed by atoms with Crippen LogP contribution in [0.4, 0.5) is 5.69 Å². The van der Waals surface area contributed by atoms with Crippen LogP contribution in [0.1, 0.15) is 21.8 Å². The number of methoxy groups -OCH3 is 1. The fraction of sp³-hybridized carbons (Fsp3) is 0.375. The number of halogens is 2. The minimum Gasteiger partial charge on any atom is -0.480 e. The Balaban J connectivity index is 0.00000182. The zero-order chi connectivity index (χ0) is 18.0. The smallest absolute Gasteiger partial charge is 0.254 e. The topological polar surface area (TPSA) is 124 Å². The van der Waals surface area contributed by atoms with Crippen LogP contribution >= 0.6 is 24.8 Å². The second-order valence-corrected chi connectivity index (χ2v) is 5.95. The van der Waals surface area contributed by atoms with E-state index < -0.39 is 5.91 Å². The molecule has 0 aliphatic carbocycles. The first-order chi connectivity index (χ1) is 12.0. The van der Waals surface area contributed by atoms with Crippen LogP contribution in [-0.2, 0) is 11.8 Å². The molecule has 9 nitrogen and oxygen atoms in total. The Hall–Kier alpha value is -2.36. The fourth-order valence-corrected chi connectivity index (χ4v) is 3.03. The maximum Gasteiger partial charge on any atom is 0.254 e. The number of pyridine rings is 1. The Morgan fingerprint density at radius 2 is 2.07 bits per heavy atom. The SMILES string of the molecule is COc1ncc(NC(=O)[C@H]2CNC[C@@H]2c2cnn(C)c2)cc1C(N)=O.Cl.Cl. The molecule has 2 atom stereocenters. The highest BCUT2D eigenvalue weighted by Gasteiger charge is 2.34. The molecule has 0 spiro atoms. The van der Waals surface area contributed by atoms with Crippen LogP contribution < -0.4 is 21.1 Å². The fourth-order valence-electron chi connectivity index (χ4n) is 3.03. The Labute approximate surface area is 168 Å². The van der Waals surface area contributed by atoms with Gasteiger partial charge in [-0.15, -0.1) is 24.8 Å². The van der Waals surface area contributed by atoms with Crippen molar-refractivity contribution in [1.29, 1.82) is 0 Å². The highest BCUT2D eigenvalue weighted by molar-refractivity contribution is 5.98. The molecule has 1 aliphatic rings. The largest absolute Gasteiger partial charge is 0.480 e. The van der Waals surface area contributed by atoms with Crippen molar-refractivity contribution in [3.05, 3.63) is 35.8 Å². The van der Waals surface area contributed by atoms with Crippen LogP contribution in [0.25, 0.3) is 0 Å². The van der Waals surface area contributed by atoms with Gasteiger partial charge in [0.1, 0.15) is 5.56 Å². The summed E-state index contributed by atoms with van der Waals surface area (Å²) in [6.07, 6.45) is 5.13. The molecule has 1 fully saturated rings. The highest BCUT2D eigenvalue weighted by atomic mass is 35.5. The zero-order valence-electron chi connectivity index (χ0n) is 14.8. The summed E-state index contributed by atoms with van der Waals surface area (Å²) in [6, 6.07) is 1.47. The van der Waals surface area contributed by atoms with E-state index in [1.165, 1.54) is 19.4 Å². The van der Waals surface area contributed by atoms with E-state index in [1.807, 2.05) is 13.2 Å². The van der Waals surface area contributed by atoms with E-state index in [2.05, 4.69) is 20.7 Å². The van der Waals surface area contributed by atoms with Crippen LogP contribution in [0.3, 0.4) is 0 Å². The molecule has 1 aliphatic heterocycles. The van der Waals surface area contributed by atoms with Gasteiger partial charge in [-0.05, 0) is 11.6 Å². The van der Waals surface area contributed by atoms with Crippen molar-refractivity contribution in [2.75, 3.05) is 25.5 Å². The number of rotatable bonds is 5. The molecule has 11 heteroatoms. The van der Waals surface area contributed by atoms with Gasteiger partial charge in [0.15, 0.2) is 0 Å². The Kier molecular flexibility index (Phi) is 8.01. The van der Waals surface area contributed by atoms with Crippen LogP contribution in [0.15, 0.2) is 24.7 Å². The van der Waals surface area contributed by atoms with Gasteiger partial charge >= 0.3 is 0 Å². The monoisotopic (exact) mass is 416 g/mol. The lowest BCUT2D eigenvalue weighted by molar-refractivity contribution is -0.119. The first kappa shape index (κ1) is 22.7. The van der Waals surface area contributed by atoms with E-state index in [0.29, 0.717) is 18.8 Å². The number of aromatic nitrogens is 3. The van der Waals surface area contributed by atoms with Gasteiger partial charge < -0.3 is 21.1 Å². The molecule has 0 unspecified atom stereocenters. The quantitative estimate of drug-likeness (QED) is 0.658. The van der Waals surface area contributed by atoms with E-state index in [1.54, 1.807) is 10.9 Å². The average molecular weight is 417 g/mol. The Bertz CT molecular complexity index is 813. The van der Waals surface area contributed by atoms with Crippen LogP contribution in [0.5, 0.6) is 5.88 Å². The summed E-state index contributed by atoms with van der Waals surface area (Å²) >= 11 is 0. The minimum atomic E-state index is -0.670. The lowest BCUT2D eigenvalue weighted by Gasteiger charge is -2.17. The van der Waals surface area contributed by atoms with Crippen molar-refractivity contribution in [2.24, 2.45) is 18.7 Å². The number of nitrogens with zero attached hydrogens (tertiary/aromatic N) is 3. The molecule has 0 bridgehead atoms. The number of nitrogens with two attached hydrogens (primary N) is 1. The van der Waals surface area contributed by atoms with Crippen molar-refractivity contribution in [2.45, 2.75) is 5.92 Å².